The summed E-state index contributed by atoms with van der Waals surface area (Å²) >= 11 is 0. The van der Waals surface area contributed by atoms with E-state index in [-0.39, 0.29) is 18.9 Å². The molecule has 0 radical (unpaired) electrons. The van der Waals surface area contributed by atoms with E-state index in [1.165, 1.54) is 116 Å². The molecule has 71 heavy (non-hydrogen) atoms. The van der Waals surface area contributed by atoms with Gasteiger partial charge in [0.05, 0.1) is 32.0 Å². The largest absolute Gasteiger partial charge is 0.394 e. The molecule has 12 atom stereocenters. The monoisotopic (exact) mass is 1010 g/mol. The second-order valence-corrected chi connectivity index (χ2v) is 20.4. The third kappa shape index (κ3) is 29.8. The predicted octanol–water partition coefficient (Wildman–Crippen LogP) is 9.05. The van der Waals surface area contributed by atoms with Crippen LogP contribution in [0.4, 0.5) is 0 Å². The molecule has 0 aromatic carbocycles. The molecule has 2 heterocycles. The van der Waals surface area contributed by atoms with E-state index in [0.29, 0.717) is 12.8 Å². The molecule has 416 valence electrons. The Labute approximate surface area is 430 Å². The van der Waals surface area contributed by atoms with Crippen LogP contribution < -0.4 is 5.32 Å². The number of unbranched alkanes of at least 4 members (excludes halogenated alkanes) is 26. The smallest absolute Gasteiger partial charge is 0.220 e. The number of ether oxygens (including phenoxy) is 4. The van der Waals surface area contributed by atoms with E-state index < -0.39 is 86.8 Å². The zero-order valence-electron chi connectivity index (χ0n) is 44.5. The average molecular weight is 1010 g/mol. The van der Waals surface area contributed by atoms with E-state index in [1.54, 1.807) is 0 Å². The lowest BCUT2D eigenvalue weighted by atomic mass is 9.97. The SMILES string of the molecule is CCCCCCC/C=C\C/C=C\C/C=C\CCCCCCCCC(=O)NC(COC1OC(CO)C(OC2OC(CO)C(O)C(O)C2O)C(O)C1O)C(O)CCCCCCCCCCCCCCCCCC. The summed E-state index contributed by atoms with van der Waals surface area (Å²) in [4.78, 5) is 13.2. The number of nitrogens with one attached hydrogen (secondary N) is 1. The topological polar surface area (TPSA) is 228 Å². The predicted molar refractivity (Wildman–Crippen MR) is 281 cm³/mol. The molecule has 0 aromatic rings. The molecule has 14 heteroatoms. The van der Waals surface area contributed by atoms with Gasteiger partial charge < -0.3 is 65.1 Å². The van der Waals surface area contributed by atoms with Crippen LogP contribution >= 0.6 is 0 Å². The maximum atomic E-state index is 13.2. The Bertz CT molecular complexity index is 1330. The van der Waals surface area contributed by atoms with E-state index in [4.69, 9.17) is 18.9 Å². The molecule has 0 aliphatic carbocycles. The first-order chi connectivity index (χ1) is 34.6. The van der Waals surface area contributed by atoms with Crippen molar-refractivity contribution >= 4 is 5.91 Å². The van der Waals surface area contributed by atoms with Crippen LogP contribution in [-0.4, -0.2) is 140 Å². The van der Waals surface area contributed by atoms with Crippen LogP contribution in [0.15, 0.2) is 36.5 Å². The van der Waals surface area contributed by atoms with Crippen LogP contribution in [-0.2, 0) is 23.7 Å². The van der Waals surface area contributed by atoms with Gasteiger partial charge in [0, 0.05) is 6.42 Å². The molecular formula is C57H105NO13. The first-order valence-corrected chi connectivity index (χ1v) is 28.7. The summed E-state index contributed by atoms with van der Waals surface area (Å²) in [6, 6.07) is -0.835. The molecule has 2 fully saturated rings. The molecule has 2 saturated heterocycles. The van der Waals surface area contributed by atoms with Gasteiger partial charge in [-0.3, -0.25) is 4.79 Å². The van der Waals surface area contributed by atoms with Crippen LogP contribution in [0.5, 0.6) is 0 Å². The second-order valence-electron chi connectivity index (χ2n) is 20.4. The van der Waals surface area contributed by atoms with Gasteiger partial charge in [-0.25, -0.2) is 0 Å². The Morgan fingerprint density at radius 3 is 1.42 bits per heavy atom. The maximum Gasteiger partial charge on any atom is 0.220 e. The Balaban J connectivity index is 1.78. The molecule has 14 nitrogen and oxygen atoms in total. The van der Waals surface area contributed by atoms with Gasteiger partial charge >= 0.3 is 0 Å². The number of hydrogen-bond acceptors (Lipinski definition) is 13. The Morgan fingerprint density at radius 1 is 0.507 bits per heavy atom. The third-order valence-corrected chi connectivity index (χ3v) is 14.1. The Kier molecular flexibility index (Phi) is 40.0. The summed E-state index contributed by atoms with van der Waals surface area (Å²) in [7, 11) is 0. The zero-order chi connectivity index (χ0) is 51.7. The number of allylic oxidation sites excluding steroid dienone is 6. The molecule has 0 bridgehead atoms. The zero-order valence-corrected chi connectivity index (χ0v) is 44.5. The van der Waals surface area contributed by atoms with Crippen LogP contribution in [0.2, 0.25) is 0 Å². The molecule has 2 rings (SSSR count). The highest BCUT2D eigenvalue weighted by atomic mass is 16.7. The van der Waals surface area contributed by atoms with Crippen molar-refractivity contribution in [2.75, 3.05) is 19.8 Å². The number of hydrogen-bond donors (Lipinski definition) is 9. The van der Waals surface area contributed by atoms with E-state index >= 15 is 0 Å². The number of aliphatic hydroxyl groups excluding tert-OH is 8. The maximum absolute atomic E-state index is 13.2. The lowest BCUT2D eigenvalue weighted by Crippen LogP contribution is -2.65. The van der Waals surface area contributed by atoms with Crippen molar-refractivity contribution in [3.8, 4) is 0 Å². The van der Waals surface area contributed by atoms with Crippen LogP contribution in [0.3, 0.4) is 0 Å². The molecule has 9 N–H and O–H groups in total. The van der Waals surface area contributed by atoms with E-state index in [2.05, 4.69) is 55.6 Å². The highest BCUT2D eigenvalue weighted by molar-refractivity contribution is 5.76. The molecule has 0 aromatic heterocycles. The second kappa shape index (κ2) is 43.4. The van der Waals surface area contributed by atoms with Gasteiger partial charge in [0.1, 0.15) is 48.8 Å². The number of aliphatic hydroxyl groups is 8. The molecule has 0 spiro atoms. The third-order valence-electron chi connectivity index (χ3n) is 14.1. The Hall–Kier alpha value is -1.79. The quantitative estimate of drug-likeness (QED) is 0.0205. The fourth-order valence-electron chi connectivity index (χ4n) is 9.42. The van der Waals surface area contributed by atoms with Gasteiger partial charge in [-0.05, 0) is 51.4 Å². The summed E-state index contributed by atoms with van der Waals surface area (Å²) in [6.07, 6.45) is 34.2. The Morgan fingerprint density at radius 2 is 0.930 bits per heavy atom. The standard InChI is InChI=1S/C57H105NO13/c1-3-5-7-9-11-13-15-17-19-21-22-23-24-25-27-29-31-33-35-37-39-41-49(62)58-45(46(61)40-38-36-34-32-30-28-26-20-18-16-14-12-10-8-6-4-2)44-68-56-54(67)52(65)55(48(43-60)70-56)71-57-53(66)51(64)50(63)47(42-59)69-57/h15,17,21-22,24-25,45-48,50-57,59-61,63-67H,3-14,16,18-20,23,26-44H2,1-2H3,(H,58,62)/b17-15-,22-21-,25-24-. The minimum atomic E-state index is -1.78. The van der Waals surface area contributed by atoms with Crippen LogP contribution in [0, 0.1) is 0 Å². The van der Waals surface area contributed by atoms with Crippen molar-refractivity contribution in [3.63, 3.8) is 0 Å². The molecular weight excluding hydrogens is 907 g/mol. The summed E-state index contributed by atoms with van der Waals surface area (Å²) in [6.45, 7) is 2.84. The van der Waals surface area contributed by atoms with Gasteiger partial charge in [0.15, 0.2) is 12.6 Å². The van der Waals surface area contributed by atoms with Gasteiger partial charge in [0.2, 0.25) is 5.91 Å². The van der Waals surface area contributed by atoms with Crippen molar-refractivity contribution in [2.45, 2.75) is 299 Å². The van der Waals surface area contributed by atoms with E-state index in [0.717, 1.165) is 77.0 Å². The van der Waals surface area contributed by atoms with Gasteiger partial charge in [-0.15, -0.1) is 0 Å². The normalized spacial score (nSPS) is 26.0. The minimum Gasteiger partial charge on any atom is -0.394 e. The van der Waals surface area contributed by atoms with Crippen LogP contribution in [0.1, 0.15) is 226 Å². The average Bonchev–Trinajstić information content (AvgIpc) is 3.37. The summed E-state index contributed by atoms with van der Waals surface area (Å²) in [5.41, 5.74) is 0. The van der Waals surface area contributed by atoms with Crippen molar-refractivity contribution in [1.82, 2.24) is 5.32 Å². The number of rotatable bonds is 45. The lowest BCUT2D eigenvalue weighted by Gasteiger charge is -2.46. The van der Waals surface area contributed by atoms with Gasteiger partial charge in [0.25, 0.3) is 0 Å². The van der Waals surface area contributed by atoms with E-state index in [9.17, 15) is 45.6 Å². The minimum absolute atomic E-state index is 0.219. The summed E-state index contributed by atoms with van der Waals surface area (Å²) in [5.74, 6) is -0.219. The first-order valence-electron chi connectivity index (χ1n) is 28.7. The van der Waals surface area contributed by atoms with Crippen molar-refractivity contribution in [3.05, 3.63) is 36.5 Å². The number of carbonyl (C=O) groups is 1. The molecule has 2 aliphatic heterocycles. The molecule has 1 amide bonds. The highest BCUT2D eigenvalue weighted by Gasteiger charge is 2.51. The molecule has 2 aliphatic rings. The molecule has 0 saturated carbocycles. The summed E-state index contributed by atoms with van der Waals surface area (Å²) < 4.78 is 22.8. The lowest BCUT2D eigenvalue weighted by molar-refractivity contribution is -0.359. The van der Waals surface area contributed by atoms with Crippen molar-refractivity contribution < 1.29 is 64.6 Å². The summed E-state index contributed by atoms with van der Waals surface area (Å²) in [5, 5.41) is 87.2. The van der Waals surface area contributed by atoms with Crippen LogP contribution in [0.25, 0.3) is 0 Å². The van der Waals surface area contributed by atoms with Gasteiger partial charge in [-0.2, -0.15) is 0 Å². The highest BCUT2D eigenvalue weighted by Crippen LogP contribution is 2.30. The van der Waals surface area contributed by atoms with Crippen molar-refractivity contribution in [1.29, 1.82) is 0 Å². The fraction of sp³-hybridized carbons (Fsp3) is 0.877. The fourth-order valence-corrected chi connectivity index (χ4v) is 9.42. The first kappa shape index (κ1) is 65.3. The van der Waals surface area contributed by atoms with Gasteiger partial charge in [-0.1, -0.05) is 204 Å². The number of amides is 1. The molecule has 12 unspecified atom stereocenters. The number of carbonyl (C=O) groups excluding carboxylic acids is 1. The van der Waals surface area contributed by atoms with Crippen molar-refractivity contribution in [2.24, 2.45) is 0 Å². The van der Waals surface area contributed by atoms with E-state index in [1.807, 2.05) is 0 Å².